The number of ether oxygens (including phenoxy) is 1. The number of carbonyl (C=O) groups excluding carboxylic acids is 1. The van der Waals surface area contributed by atoms with E-state index in [1.807, 2.05) is 58.9 Å². The average molecular weight is 293 g/mol. The standard InChI is InChI=1S/C17H27NO3/c1-11(2)16(19)10-17(20)18-13(5)14-6-8-15(9-7-14)21-12(3)4/h6-9,11-13,16,19H,10H2,1-5H3,(H,18,20). The fourth-order valence-electron chi connectivity index (χ4n) is 1.92. The van der Waals surface area contributed by atoms with Gasteiger partial charge < -0.3 is 15.2 Å². The quantitative estimate of drug-likeness (QED) is 0.812. The zero-order valence-electron chi connectivity index (χ0n) is 13.6. The summed E-state index contributed by atoms with van der Waals surface area (Å²) in [5, 5.41) is 12.6. The van der Waals surface area contributed by atoms with Crippen LogP contribution < -0.4 is 10.1 Å². The molecule has 0 fully saturated rings. The molecule has 0 aliphatic carbocycles. The minimum Gasteiger partial charge on any atom is -0.491 e. The summed E-state index contributed by atoms with van der Waals surface area (Å²) >= 11 is 0. The molecule has 0 bridgehead atoms. The van der Waals surface area contributed by atoms with Gasteiger partial charge in [-0.15, -0.1) is 0 Å². The number of hydrogen-bond donors (Lipinski definition) is 2. The molecule has 1 amide bonds. The summed E-state index contributed by atoms with van der Waals surface area (Å²) in [4.78, 5) is 11.9. The fourth-order valence-corrected chi connectivity index (χ4v) is 1.92. The molecule has 2 N–H and O–H groups in total. The Kier molecular flexibility index (Phi) is 6.69. The predicted octanol–water partition coefficient (Wildman–Crippen LogP) is 3.06. The highest BCUT2D eigenvalue weighted by atomic mass is 16.5. The van der Waals surface area contributed by atoms with Crippen molar-refractivity contribution in [2.45, 2.75) is 59.3 Å². The number of benzene rings is 1. The number of nitrogens with one attached hydrogen (secondary N) is 1. The molecular weight excluding hydrogens is 266 g/mol. The Morgan fingerprint density at radius 2 is 1.71 bits per heavy atom. The van der Waals surface area contributed by atoms with E-state index in [-0.39, 0.29) is 30.4 Å². The summed E-state index contributed by atoms with van der Waals surface area (Å²) in [7, 11) is 0. The smallest absolute Gasteiger partial charge is 0.223 e. The minimum absolute atomic E-state index is 0.0820. The van der Waals surface area contributed by atoms with Crippen molar-refractivity contribution in [3.8, 4) is 5.75 Å². The Morgan fingerprint density at radius 3 is 2.19 bits per heavy atom. The van der Waals surface area contributed by atoms with Gasteiger partial charge in [-0.2, -0.15) is 0 Å². The number of amides is 1. The lowest BCUT2D eigenvalue weighted by Crippen LogP contribution is -2.31. The zero-order chi connectivity index (χ0) is 16.0. The second-order valence-electron chi connectivity index (χ2n) is 6.04. The number of rotatable bonds is 7. The molecule has 2 atom stereocenters. The lowest BCUT2D eigenvalue weighted by atomic mass is 10.0. The van der Waals surface area contributed by atoms with Gasteiger partial charge in [-0.05, 0) is 44.4 Å². The van der Waals surface area contributed by atoms with Crippen molar-refractivity contribution in [3.05, 3.63) is 29.8 Å². The second-order valence-corrected chi connectivity index (χ2v) is 6.04. The van der Waals surface area contributed by atoms with E-state index in [9.17, 15) is 9.90 Å². The molecule has 0 heterocycles. The highest BCUT2D eigenvalue weighted by Crippen LogP contribution is 2.19. The molecule has 21 heavy (non-hydrogen) atoms. The van der Waals surface area contributed by atoms with E-state index < -0.39 is 6.10 Å². The molecule has 0 aliphatic heterocycles. The number of carbonyl (C=O) groups is 1. The number of aliphatic hydroxyl groups excluding tert-OH is 1. The van der Waals surface area contributed by atoms with Crippen LogP contribution in [-0.4, -0.2) is 23.2 Å². The van der Waals surface area contributed by atoms with Gasteiger partial charge in [-0.3, -0.25) is 4.79 Å². The van der Waals surface area contributed by atoms with Crippen LogP contribution in [0.15, 0.2) is 24.3 Å². The normalized spacial score (nSPS) is 14.1. The first-order valence-electron chi connectivity index (χ1n) is 7.53. The summed E-state index contributed by atoms with van der Waals surface area (Å²) in [5.41, 5.74) is 1.01. The Labute approximate surface area is 127 Å². The summed E-state index contributed by atoms with van der Waals surface area (Å²) in [6.07, 6.45) is -0.319. The molecule has 1 aromatic rings. The molecule has 1 aromatic carbocycles. The van der Waals surface area contributed by atoms with Crippen molar-refractivity contribution in [2.24, 2.45) is 5.92 Å². The first-order valence-corrected chi connectivity index (χ1v) is 7.53. The van der Waals surface area contributed by atoms with Crippen LogP contribution >= 0.6 is 0 Å². The fraction of sp³-hybridized carbons (Fsp3) is 0.588. The van der Waals surface area contributed by atoms with E-state index in [1.54, 1.807) is 0 Å². The van der Waals surface area contributed by atoms with Crippen LogP contribution in [0.3, 0.4) is 0 Å². The summed E-state index contributed by atoms with van der Waals surface area (Å²) in [6, 6.07) is 7.61. The third kappa shape index (κ3) is 6.17. The molecule has 0 aromatic heterocycles. The lowest BCUT2D eigenvalue weighted by Gasteiger charge is -2.18. The Hall–Kier alpha value is -1.55. The minimum atomic E-state index is -0.598. The molecular formula is C17H27NO3. The Balaban J connectivity index is 2.55. The SMILES string of the molecule is CC(C)Oc1ccc(C(C)NC(=O)CC(O)C(C)C)cc1. The van der Waals surface area contributed by atoms with Crippen molar-refractivity contribution in [3.63, 3.8) is 0 Å². The van der Waals surface area contributed by atoms with E-state index in [0.29, 0.717) is 0 Å². The molecule has 0 radical (unpaired) electrons. The van der Waals surface area contributed by atoms with Gasteiger partial charge in [0.1, 0.15) is 5.75 Å². The number of hydrogen-bond acceptors (Lipinski definition) is 3. The summed E-state index contributed by atoms with van der Waals surface area (Å²) < 4.78 is 5.59. The molecule has 2 unspecified atom stereocenters. The molecule has 0 spiro atoms. The van der Waals surface area contributed by atoms with Gasteiger partial charge in [0, 0.05) is 0 Å². The van der Waals surface area contributed by atoms with Crippen LogP contribution in [0.2, 0.25) is 0 Å². The van der Waals surface area contributed by atoms with Gasteiger partial charge >= 0.3 is 0 Å². The maximum Gasteiger partial charge on any atom is 0.223 e. The highest BCUT2D eigenvalue weighted by molar-refractivity contribution is 5.76. The van der Waals surface area contributed by atoms with Crippen LogP contribution in [-0.2, 0) is 4.79 Å². The summed E-state index contributed by atoms with van der Waals surface area (Å²) in [5.74, 6) is 0.771. The van der Waals surface area contributed by atoms with Crippen molar-refractivity contribution in [1.82, 2.24) is 5.32 Å². The van der Waals surface area contributed by atoms with Gasteiger partial charge in [-0.25, -0.2) is 0 Å². The van der Waals surface area contributed by atoms with Crippen molar-refractivity contribution in [2.75, 3.05) is 0 Å². The second kappa shape index (κ2) is 8.03. The lowest BCUT2D eigenvalue weighted by molar-refractivity contribution is -0.124. The van der Waals surface area contributed by atoms with Gasteiger partial charge in [0.2, 0.25) is 5.91 Å². The van der Waals surface area contributed by atoms with E-state index >= 15 is 0 Å². The highest BCUT2D eigenvalue weighted by Gasteiger charge is 2.16. The monoisotopic (exact) mass is 293 g/mol. The van der Waals surface area contributed by atoms with Crippen molar-refractivity contribution < 1.29 is 14.6 Å². The van der Waals surface area contributed by atoms with E-state index in [0.717, 1.165) is 11.3 Å². The zero-order valence-corrected chi connectivity index (χ0v) is 13.6. The van der Waals surface area contributed by atoms with Crippen LogP contribution in [0.1, 0.15) is 52.6 Å². The van der Waals surface area contributed by atoms with Crippen molar-refractivity contribution >= 4 is 5.91 Å². The predicted molar refractivity (Wildman–Crippen MR) is 84.2 cm³/mol. The van der Waals surface area contributed by atoms with Crippen molar-refractivity contribution in [1.29, 1.82) is 0 Å². The first-order chi connectivity index (χ1) is 9.79. The van der Waals surface area contributed by atoms with Crippen LogP contribution in [0.25, 0.3) is 0 Å². The largest absolute Gasteiger partial charge is 0.491 e. The third-order valence-electron chi connectivity index (χ3n) is 3.29. The van der Waals surface area contributed by atoms with Crippen LogP contribution in [0.4, 0.5) is 0 Å². The van der Waals surface area contributed by atoms with Crippen LogP contribution in [0.5, 0.6) is 5.75 Å². The van der Waals surface area contributed by atoms with E-state index in [2.05, 4.69) is 5.32 Å². The average Bonchev–Trinajstić information content (AvgIpc) is 2.38. The topological polar surface area (TPSA) is 58.6 Å². The molecule has 4 heteroatoms. The molecule has 0 saturated heterocycles. The molecule has 118 valence electrons. The third-order valence-corrected chi connectivity index (χ3v) is 3.29. The Bertz CT molecular complexity index is 440. The van der Waals surface area contributed by atoms with Gasteiger partial charge in [0.15, 0.2) is 0 Å². The van der Waals surface area contributed by atoms with Gasteiger partial charge in [0.25, 0.3) is 0 Å². The first kappa shape index (κ1) is 17.5. The van der Waals surface area contributed by atoms with Gasteiger partial charge in [-0.1, -0.05) is 26.0 Å². The maximum atomic E-state index is 11.9. The molecule has 1 rings (SSSR count). The molecule has 0 aliphatic rings. The Morgan fingerprint density at radius 1 is 1.14 bits per heavy atom. The number of aliphatic hydroxyl groups is 1. The van der Waals surface area contributed by atoms with Gasteiger partial charge in [0.05, 0.1) is 24.7 Å². The van der Waals surface area contributed by atoms with Crippen LogP contribution in [0, 0.1) is 5.92 Å². The maximum absolute atomic E-state index is 11.9. The summed E-state index contributed by atoms with van der Waals surface area (Å²) in [6.45, 7) is 9.69. The van der Waals surface area contributed by atoms with E-state index in [1.165, 1.54) is 0 Å². The van der Waals surface area contributed by atoms with E-state index in [4.69, 9.17) is 4.74 Å². The molecule has 0 saturated carbocycles. The molecule has 4 nitrogen and oxygen atoms in total.